The normalized spacial score (nSPS) is 11.3. The monoisotopic (exact) mass is 597 g/mol. The van der Waals surface area contributed by atoms with Gasteiger partial charge in [-0.25, -0.2) is 14.5 Å². The fraction of sp³-hybridized carbons (Fsp3) is 0.217. The molecule has 0 fully saturated rings. The first-order valence-electron chi connectivity index (χ1n) is 11.5. The van der Waals surface area contributed by atoms with Crippen LogP contribution in [0.15, 0.2) is 72.2 Å². The largest absolute Gasteiger partial charge is 0.618 e. The maximum atomic E-state index is 14.4. The molecule has 0 spiro atoms. The lowest BCUT2D eigenvalue weighted by atomic mass is 10.2. The molecule has 0 unspecified atom stereocenters. The third-order valence-electron chi connectivity index (χ3n) is 5.21. The second-order valence-electron chi connectivity index (χ2n) is 8.14. The summed E-state index contributed by atoms with van der Waals surface area (Å²) < 4.78 is 63.2. The minimum absolute atomic E-state index is 0.0558. The SMILES string of the molecule is O=C(Cn1ccnc(NCC(F)(F)c2cccc[n+]2[O-])c1=O)NCc1ccccc1-n1cnnn1.O=C(O)C(F)(F)F. The zero-order valence-corrected chi connectivity index (χ0v) is 21.1. The predicted molar refractivity (Wildman–Crippen MR) is 131 cm³/mol. The van der Waals surface area contributed by atoms with E-state index in [0.717, 1.165) is 22.4 Å². The van der Waals surface area contributed by atoms with Crippen LogP contribution in [0.25, 0.3) is 5.69 Å². The maximum absolute atomic E-state index is 14.4. The summed E-state index contributed by atoms with van der Waals surface area (Å²) in [5, 5.41) is 34.8. The molecule has 19 heteroatoms. The fourth-order valence-electron chi connectivity index (χ4n) is 3.25. The zero-order valence-electron chi connectivity index (χ0n) is 21.1. The third-order valence-corrected chi connectivity index (χ3v) is 5.21. The van der Waals surface area contributed by atoms with Crippen LogP contribution >= 0.6 is 0 Å². The Labute approximate surface area is 231 Å². The molecule has 14 nitrogen and oxygen atoms in total. The molecule has 0 bridgehead atoms. The lowest BCUT2D eigenvalue weighted by Gasteiger charge is -2.16. The first kappa shape index (κ1) is 31.0. The molecule has 3 aromatic heterocycles. The number of aromatic nitrogens is 7. The molecule has 0 aliphatic carbocycles. The number of alkyl halides is 5. The van der Waals surface area contributed by atoms with Crippen molar-refractivity contribution in [3.63, 3.8) is 0 Å². The summed E-state index contributed by atoms with van der Waals surface area (Å²) in [6.07, 6.45) is -0.234. The summed E-state index contributed by atoms with van der Waals surface area (Å²) in [7, 11) is 0. The highest BCUT2D eigenvalue weighted by Crippen LogP contribution is 2.24. The number of aliphatic carboxylic acids is 1. The molecular weight excluding hydrogens is 577 g/mol. The van der Waals surface area contributed by atoms with E-state index in [4.69, 9.17) is 9.90 Å². The highest BCUT2D eigenvalue weighted by atomic mass is 19.4. The molecule has 3 heterocycles. The van der Waals surface area contributed by atoms with Crippen molar-refractivity contribution in [1.82, 2.24) is 35.1 Å². The van der Waals surface area contributed by atoms with Crippen LogP contribution in [0.4, 0.5) is 27.8 Å². The summed E-state index contributed by atoms with van der Waals surface area (Å²) >= 11 is 0. The molecule has 0 aliphatic rings. The van der Waals surface area contributed by atoms with Crippen LogP contribution in [0.2, 0.25) is 0 Å². The standard InChI is InChI=1S/C21H19F2N9O3.C2HF3O2/c22-21(23,17-7-3-4-9-32(17)35)13-26-19-20(34)30(10-8-24-19)12-18(33)25-11-15-5-1-2-6-16(15)31-14-27-28-29-31;3-2(4,5)1(6)7/h1-10,14H,11-13H2,(H,24,26)(H,25,33);(H,6,7). The van der Waals surface area contributed by atoms with Crippen LogP contribution in [0.3, 0.4) is 0 Å². The van der Waals surface area contributed by atoms with Crippen LogP contribution in [-0.2, 0) is 28.6 Å². The highest BCUT2D eigenvalue weighted by Gasteiger charge is 2.39. The van der Waals surface area contributed by atoms with E-state index in [9.17, 15) is 36.7 Å². The topological polar surface area (TPSA) is 184 Å². The number of para-hydroxylation sites is 1. The first-order chi connectivity index (χ1) is 19.8. The molecular formula is C23H20F5N9O5. The highest BCUT2D eigenvalue weighted by molar-refractivity contribution is 5.76. The van der Waals surface area contributed by atoms with E-state index in [2.05, 4.69) is 31.1 Å². The van der Waals surface area contributed by atoms with Crippen molar-refractivity contribution >= 4 is 17.7 Å². The van der Waals surface area contributed by atoms with Crippen molar-refractivity contribution in [3.05, 3.63) is 94.2 Å². The van der Waals surface area contributed by atoms with E-state index in [1.165, 1.54) is 35.5 Å². The number of halogens is 5. The Bertz CT molecular complexity index is 1580. The summed E-state index contributed by atoms with van der Waals surface area (Å²) in [4.78, 5) is 37.8. The van der Waals surface area contributed by atoms with Crippen molar-refractivity contribution in [3.8, 4) is 5.69 Å². The zero-order chi connectivity index (χ0) is 30.9. The van der Waals surface area contributed by atoms with Gasteiger partial charge in [-0.2, -0.15) is 26.7 Å². The van der Waals surface area contributed by atoms with Crippen LogP contribution in [0.1, 0.15) is 11.3 Å². The van der Waals surface area contributed by atoms with Gasteiger partial charge in [-0.05, 0) is 28.1 Å². The minimum atomic E-state index is -5.08. The molecule has 0 radical (unpaired) electrons. The molecule has 0 aliphatic heterocycles. The number of carboxylic acid groups (broad SMARTS) is 1. The number of tetrazole rings is 1. The number of hydrogen-bond acceptors (Lipinski definition) is 9. The van der Waals surface area contributed by atoms with E-state index in [0.29, 0.717) is 5.69 Å². The summed E-state index contributed by atoms with van der Waals surface area (Å²) in [5.74, 6) is -7.19. The first-order valence-corrected chi connectivity index (χ1v) is 11.5. The summed E-state index contributed by atoms with van der Waals surface area (Å²) in [5.41, 5.74) is -0.138. The van der Waals surface area contributed by atoms with E-state index >= 15 is 0 Å². The van der Waals surface area contributed by atoms with Crippen molar-refractivity contribution in [1.29, 1.82) is 0 Å². The number of nitrogens with zero attached hydrogens (tertiary/aromatic N) is 7. The number of nitrogens with one attached hydrogen (secondary N) is 2. The van der Waals surface area contributed by atoms with Crippen molar-refractivity contribution in [2.45, 2.75) is 25.2 Å². The summed E-state index contributed by atoms with van der Waals surface area (Å²) in [6, 6.07) is 10.8. The molecule has 1 amide bonds. The van der Waals surface area contributed by atoms with Gasteiger partial charge in [-0.3, -0.25) is 9.59 Å². The molecule has 0 atom stereocenters. The van der Waals surface area contributed by atoms with Gasteiger partial charge < -0.3 is 25.5 Å². The Balaban J connectivity index is 0.000000616. The number of carbonyl (C=O) groups is 2. The van der Waals surface area contributed by atoms with Crippen molar-refractivity contribution in [2.75, 3.05) is 11.9 Å². The second-order valence-corrected chi connectivity index (χ2v) is 8.14. The van der Waals surface area contributed by atoms with Crippen LogP contribution in [0, 0.1) is 5.21 Å². The lowest BCUT2D eigenvalue weighted by molar-refractivity contribution is -0.624. The smallest absolute Gasteiger partial charge is 0.490 e. The van der Waals surface area contributed by atoms with Gasteiger partial charge in [-0.1, -0.05) is 18.2 Å². The Morgan fingerprint density at radius 1 is 1.07 bits per heavy atom. The van der Waals surface area contributed by atoms with E-state index in [1.54, 1.807) is 24.3 Å². The number of amides is 1. The van der Waals surface area contributed by atoms with Gasteiger partial charge >= 0.3 is 18.1 Å². The average Bonchev–Trinajstić information content (AvgIpc) is 3.47. The van der Waals surface area contributed by atoms with Crippen LogP contribution < -0.4 is 20.9 Å². The number of carboxylic acids is 1. The van der Waals surface area contributed by atoms with Crippen LogP contribution in [-0.4, -0.2) is 59.5 Å². The van der Waals surface area contributed by atoms with Crippen molar-refractivity contribution in [2.24, 2.45) is 0 Å². The molecule has 4 rings (SSSR count). The van der Waals surface area contributed by atoms with E-state index in [1.807, 2.05) is 0 Å². The van der Waals surface area contributed by atoms with E-state index < -0.39 is 41.8 Å². The van der Waals surface area contributed by atoms with Gasteiger partial charge in [0.05, 0.1) is 12.2 Å². The van der Waals surface area contributed by atoms with Gasteiger partial charge in [0.1, 0.15) is 12.9 Å². The maximum Gasteiger partial charge on any atom is 0.490 e. The molecule has 0 saturated heterocycles. The van der Waals surface area contributed by atoms with Gasteiger partial charge in [-0.15, -0.1) is 5.10 Å². The van der Waals surface area contributed by atoms with Gasteiger partial charge in [0.15, 0.2) is 12.0 Å². The van der Waals surface area contributed by atoms with Crippen LogP contribution in [0.5, 0.6) is 0 Å². The van der Waals surface area contributed by atoms with Gasteiger partial charge in [0.25, 0.3) is 11.3 Å². The number of anilines is 1. The Morgan fingerprint density at radius 3 is 2.40 bits per heavy atom. The van der Waals surface area contributed by atoms with Gasteiger partial charge in [0.2, 0.25) is 5.91 Å². The van der Waals surface area contributed by atoms with E-state index in [-0.39, 0.29) is 23.6 Å². The molecule has 42 heavy (non-hydrogen) atoms. The Hall–Kier alpha value is -5.49. The third kappa shape index (κ3) is 8.26. The second kappa shape index (κ2) is 13.2. The van der Waals surface area contributed by atoms with Crippen molar-refractivity contribution < 1.29 is 41.4 Å². The number of benzene rings is 1. The quantitative estimate of drug-likeness (QED) is 0.143. The molecule has 0 saturated carbocycles. The predicted octanol–water partition coefficient (Wildman–Crippen LogP) is 1.01. The Morgan fingerprint density at radius 2 is 1.76 bits per heavy atom. The number of carbonyl (C=O) groups excluding carboxylic acids is 1. The molecule has 222 valence electrons. The van der Waals surface area contributed by atoms with Gasteiger partial charge in [0, 0.05) is 31.1 Å². The molecule has 1 aromatic carbocycles. The number of pyridine rings is 1. The fourth-order valence-corrected chi connectivity index (χ4v) is 3.25. The molecule has 3 N–H and O–H groups in total. The molecule has 4 aromatic rings. The number of rotatable bonds is 9. The Kier molecular flexibility index (Phi) is 9.79. The average molecular weight is 597 g/mol. The lowest BCUT2D eigenvalue weighted by Crippen LogP contribution is -2.41. The minimum Gasteiger partial charge on any atom is -0.618 e. The number of hydrogen-bond donors (Lipinski definition) is 3. The summed E-state index contributed by atoms with van der Waals surface area (Å²) in [6.45, 7) is -1.26.